The number of nitrogens with zero attached hydrogens (tertiary/aromatic N) is 1. The van der Waals surface area contributed by atoms with E-state index < -0.39 is 10.0 Å². The molecule has 0 atom stereocenters. The van der Waals surface area contributed by atoms with Crippen molar-refractivity contribution in [2.45, 2.75) is 11.4 Å². The van der Waals surface area contributed by atoms with Crippen molar-refractivity contribution in [1.29, 1.82) is 0 Å². The van der Waals surface area contributed by atoms with Crippen LogP contribution in [0.3, 0.4) is 0 Å². The summed E-state index contributed by atoms with van der Waals surface area (Å²) in [5.74, 6) is 0.212. The number of ether oxygens (including phenoxy) is 1. The summed E-state index contributed by atoms with van der Waals surface area (Å²) in [4.78, 5) is 3.98. The van der Waals surface area contributed by atoms with Gasteiger partial charge in [-0.25, -0.2) is 13.1 Å². The SMILES string of the molecule is COc1cc(N)ccc1S(=O)(=O)NCc1cccnc1. The molecular formula is C13H15N3O3S. The van der Waals surface area contributed by atoms with Crippen LogP contribution in [-0.4, -0.2) is 20.5 Å². The van der Waals surface area contributed by atoms with E-state index in [1.54, 1.807) is 24.5 Å². The summed E-state index contributed by atoms with van der Waals surface area (Å²) in [6.07, 6.45) is 3.23. The fourth-order valence-electron chi connectivity index (χ4n) is 1.66. The van der Waals surface area contributed by atoms with Gasteiger partial charge in [-0.15, -0.1) is 0 Å². The molecule has 0 radical (unpaired) electrons. The second-order valence-electron chi connectivity index (χ2n) is 4.10. The number of hydrogen-bond donors (Lipinski definition) is 2. The van der Waals surface area contributed by atoms with Crippen molar-refractivity contribution in [2.75, 3.05) is 12.8 Å². The summed E-state index contributed by atoms with van der Waals surface area (Å²) < 4.78 is 32.0. The van der Waals surface area contributed by atoms with Crippen molar-refractivity contribution < 1.29 is 13.2 Å². The van der Waals surface area contributed by atoms with Gasteiger partial charge >= 0.3 is 0 Å². The fraction of sp³-hybridized carbons (Fsp3) is 0.154. The Morgan fingerprint density at radius 2 is 2.15 bits per heavy atom. The minimum Gasteiger partial charge on any atom is -0.495 e. The van der Waals surface area contributed by atoms with Crippen molar-refractivity contribution in [3.05, 3.63) is 48.3 Å². The van der Waals surface area contributed by atoms with Crippen molar-refractivity contribution in [3.8, 4) is 5.75 Å². The van der Waals surface area contributed by atoms with Gasteiger partial charge in [-0.3, -0.25) is 4.98 Å². The Morgan fingerprint density at radius 1 is 1.35 bits per heavy atom. The van der Waals surface area contributed by atoms with E-state index in [2.05, 4.69) is 9.71 Å². The molecule has 0 aliphatic heterocycles. The number of nitrogens with one attached hydrogen (secondary N) is 1. The highest BCUT2D eigenvalue weighted by Gasteiger charge is 2.19. The standard InChI is InChI=1S/C13H15N3O3S/c1-19-12-7-11(14)4-5-13(12)20(17,18)16-9-10-3-2-6-15-8-10/h2-8,16H,9,14H2,1H3. The van der Waals surface area contributed by atoms with Crippen LogP contribution in [0.25, 0.3) is 0 Å². The maximum Gasteiger partial charge on any atom is 0.244 e. The molecule has 1 aromatic carbocycles. The van der Waals surface area contributed by atoms with Crippen molar-refractivity contribution >= 4 is 15.7 Å². The van der Waals surface area contributed by atoms with Gasteiger partial charge in [0.2, 0.25) is 10.0 Å². The predicted octanol–water partition coefficient (Wildman–Crippen LogP) is 1.15. The molecule has 0 bridgehead atoms. The normalized spacial score (nSPS) is 11.2. The highest BCUT2D eigenvalue weighted by molar-refractivity contribution is 7.89. The van der Waals surface area contributed by atoms with Crippen LogP contribution in [0.2, 0.25) is 0 Å². The number of anilines is 1. The molecule has 0 fully saturated rings. The van der Waals surface area contributed by atoms with Crippen LogP contribution >= 0.6 is 0 Å². The molecular weight excluding hydrogens is 278 g/mol. The van der Waals surface area contributed by atoms with E-state index in [1.807, 2.05) is 0 Å². The zero-order chi connectivity index (χ0) is 14.6. The molecule has 2 rings (SSSR count). The number of sulfonamides is 1. The number of nitrogens with two attached hydrogens (primary N) is 1. The topological polar surface area (TPSA) is 94.3 Å². The monoisotopic (exact) mass is 293 g/mol. The van der Waals surface area contributed by atoms with Crippen LogP contribution in [0.15, 0.2) is 47.6 Å². The van der Waals surface area contributed by atoms with Gasteiger partial charge in [0.25, 0.3) is 0 Å². The number of methoxy groups -OCH3 is 1. The Hall–Kier alpha value is -2.12. The van der Waals surface area contributed by atoms with E-state index in [0.717, 1.165) is 5.56 Å². The first-order valence-electron chi connectivity index (χ1n) is 5.85. The molecule has 6 nitrogen and oxygen atoms in total. The van der Waals surface area contributed by atoms with E-state index in [9.17, 15) is 8.42 Å². The maximum atomic E-state index is 12.2. The number of nitrogen functional groups attached to an aromatic ring is 1. The van der Waals surface area contributed by atoms with Crippen LogP contribution in [0, 0.1) is 0 Å². The zero-order valence-electron chi connectivity index (χ0n) is 10.9. The van der Waals surface area contributed by atoms with Gasteiger partial charge < -0.3 is 10.5 Å². The van der Waals surface area contributed by atoms with Gasteiger partial charge in [0.15, 0.2) is 0 Å². The van der Waals surface area contributed by atoms with E-state index in [0.29, 0.717) is 5.69 Å². The van der Waals surface area contributed by atoms with Crippen molar-refractivity contribution in [3.63, 3.8) is 0 Å². The average Bonchev–Trinajstić information content (AvgIpc) is 2.46. The van der Waals surface area contributed by atoms with E-state index in [-0.39, 0.29) is 17.2 Å². The lowest BCUT2D eigenvalue weighted by atomic mass is 10.3. The smallest absolute Gasteiger partial charge is 0.244 e. The zero-order valence-corrected chi connectivity index (χ0v) is 11.7. The number of benzene rings is 1. The quantitative estimate of drug-likeness (QED) is 0.806. The number of hydrogen-bond acceptors (Lipinski definition) is 5. The molecule has 0 aliphatic carbocycles. The molecule has 2 aromatic rings. The Balaban J connectivity index is 2.22. The molecule has 3 N–H and O–H groups in total. The number of rotatable bonds is 5. The molecule has 0 unspecified atom stereocenters. The van der Waals surface area contributed by atoms with Crippen molar-refractivity contribution in [2.24, 2.45) is 0 Å². The third-order valence-corrected chi connectivity index (χ3v) is 4.11. The molecule has 0 aliphatic rings. The first kappa shape index (κ1) is 14.3. The third kappa shape index (κ3) is 3.25. The Labute approximate surface area is 117 Å². The molecule has 0 saturated heterocycles. The Kier molecular flexibility index (Phi) is 4.21. The van der Waals surface area contributed by atoms with Gasteiger partial charge in [-0.05, 0) is 23.8 Å². The summed E-state index contributed by atoms with van der Waals surface area (Å²) >= 11 is 0. The summed E-state index contributed by atoms with van der Waals surface area (Å²) in [5, 5.41) is 0. The summed E-state index contributed by atoms with van der Waals surface area (Å²) in [6, 6.07) is 7.93. The Bertz CT molecular complexity index is 687. The first-order valence-corrected chi connectivity index (χ1v) is 7.33. The summed E-state index contributed by atoms with van der Waals surface area (Å²) in [6.45, 7) is 0.156. The third-order valence-electron chi connectivity index (χ3n) is 2.67. The predicted molar refractivity (Wildman–Crippen MR) is 75.7 cm³/mol. The lowest BCUT2D eigenvalue weighted by Crippen LogP contribution is -2.23. The molecule has 0 saturated carbocycles. The maximum absolute atomic E-state index is 12.2. The molecule has 7 heteroatoms. The van der Waals surface area contributed by atoms with Crippen molar-refractivity contribution in [1.82, 2.24) is 9.71 Å². The molecule has 0 spiro atoms. The molecule has 106 valence electrons. The van der Waals surface area contributed by atoms with Gasteiger partial charge in [-0.1, -0.05) is 6.07 Å². The average molecular weight is 293 g/mol. The van der Waals surface area contributed by atoms with Crippen LogP contribution in [0.4, 0.5) is 5.69 Å². The highest BCUT2D eigenvalue weighted by Crippen LogP contribution is 2.25. The number of pyridine rings is 1. The van der Waals surface area contributed by atoms with E-state index in [1.165, 1.54) is 25.3 Å². The van der Waals surface area contributed by atoms with Crippen LogP contribution < -0.4 is 15.2 Å². The molecule has 0 amide bonds. The van der Waals surface area contributed by atoms with Crippen LogP contribution in [-0.2, 0) is 16.6 Å². The van der Waals surface area contributed by atoms with E-state index in [4.69, 9.17) is 10.5 Å². The van der Waals surface area contributed by atoms with E-state index >= 15 is 0 Å². The number of aromatic nitrogens is 1. The van der Waals surface area contributed by atoms with Gasteiger partial charge in [0, 0.05) is 30.7 Å². The lowest BCUT2D eigenvalue weighted by molar-refractivity contribution is 0.402. The Morgan fingerprint density at radius 3 is 2.80 bits per heavy atom. The highest BCUT2D eigenvalue weighted by atomic mass is 32.2. The minimum absolute atomic E-state index is 0.0538. The van der Waals surface area contributed by atoms with Gasteiger partial charge in [0.05, 0.1) is 7.11 Å². The second-order valence-corrected chi connectivity index (χ2v) is 5.83. The minimum atomic E-state index is -3.68. The largest absolute Gasteiger partial charge is 0.495 e. The molecule has 20 heavy (non-hydrogen) atoms. The second kappa shape index (κ2) is 5.89. The summed E-state index contributed by atoms with van der Waals surface area (Å²) in [5.41, 5.74) is 6.81. The first-order chi connectivity index (χ1) is 9.53. The van der Waals surface area contributed by atoms with Crippen LogP contribution in [0.1, 0.15) is 5.56 Å². The molecule has 1 aromatic heterocycles. The fourth-order valence-corrected chi connectivity index (χ4v) is 2.83. The lowest BCUT2D eigenvalue weighted by Gasteiger charge is -2.11. The van der Waals surface area contributed by atoms with Crippen LogP contribution in [0.5, 0.6) is 5.75 Å². The van der Waals surface area contributed by atoms with Gasteiger partial charge in [-0.2, -0.15) is 0 Å². The summed E-state index contributed by atoms with van der Waals surface area (Å²) in [7, 11) is -2.28. The molecule has 1 heterocycles. The van der Waals surface area contributed by atoms with Gasteiger partial charge in [0.1, 0.15) is 10.6 Å².